The number of halogens is 1. The van der Waals surface area contributed by atoms with Crippen LogP contribution in [0.15, 0.2) is 24.3 Å². The Morgan fingerprint density at radius 3 is 2.37 bits per heavy atom. The highest BCUT2D eigenvalue weighted by atomic mass is 35.5. The van der Waals surface area contributed by atoms with Crippen LogP contribution in [-0.2, 0) is 0 Å². The van der Waals surface area contributed by atoms with Gasteiger partial charge in [0.25, 0.3) is 0 Å². The van der Waals surface area contributed by atoms with Crippen LogP contribution < -0.4 is 5.32 Å². The summed E-state index contributed by atoms with van der Waals surface area (Å²) in [4.78, 5) is 0. The molecule has 0 saturated heterocycles. The van der Waals surface area contributed by atoms with Crippen molar-refractivity contribution < 1.29 is 5.11 Å². The molecule has 0 radical (unpaired) electrons. The molecule has 19 heavy (non-hydrogen) atoms. The van der Waals surface area contributed by atoms with Gasteiger partial charge in [-0.15, -0.1) is 0 Å². The molecule has 1 aromatic carbocycles. The van der Waals surface area contributed by atoms with Gasteiger partial charge in [0, 0.05) is 17.6 Å². The third-order valence-electron chi connectivity index (χ3n) is 3.83. The van der Waals surface area contributed by atoms with Crippen molar-refractivity contribution in [3.8, 4) is 0 Å². The van der Waals surface area contributed by atoms with Gasteiger partial charge < -0.3 is 10.4 Å². The van der Waals surface area contributed by atoms with Crippen LogP contribution in [-0.4, -0.2) is 17.8 Å². The maximum atomic E-state index is 10.2. The van der Waals surface area contributed by atoms with E-state index in [9.17, 15) is 5.11 Å². The minimum Gasteiger partial charge on any atom is -0.392 e. The molecule has 0 fully saturated rings. The third-order valence-corrected chi connectivity index (χ3v) is 4.06. The first-order valence-corrected chi connectivity index (χ1v) is 7.67. The molecule has 0 bridgehead atoms. The molecule has 2 nitrogen and oxygen atoms in total. The molecular formula is C16H26ClNO. The molecule has 3 heteroatoms. The lowest BCUT2D eigenvalue weighted by Crippen LogP contribution is -2.34. The Morgan fingerprint density at radius 1 is 1.16 bits per heavy atom. The van der Waals surface area contributed by atoms with Gasteiger partial charge in [0.1, 0.15) is 0 Å². The predicted molar refractivity (Wildman–Crippen MR) is 82.6 cm³/mol. The van der Waals surface area contributed by atoms with Gasteiger partial charge in [0.05, 0.1) is 6.10 Å². The topological polar surface area (TPSA) is 32.3 Å². The van der Waals surface area contributed by atoms with Gasteiger partial charge in [-0.05, 0) is 30.0 Å². The van der Waals surface area contributed by atoms with Gasteiger partial charge in [0.15, 0.2) is 0 Å². The van der Waals surface area contributed by atoms with Gasteiger partial charge in [-0.3, -0.25) is 0 Å². The lowest BCUT2D eigenvalue weighted by molar-refractivity contribution is 0.0981. The van der Waals surface area contributed by atoms with E-state index in [1.54, 1.807) is 0 Å². The molecule has 108 valence electrons. The van der Waals surface area contributed by atoms with Crippen LogP contribution >= 0.6 is 11.6 Å². The summed E-state index contributed by atoms with van der Waals surface area (Å²) >= 11 is 6.03. The number of hydrogen-bond donors (Lipinski definition) is 2. The summed E-state index contributed by atoms with van der Waals surface area (Å²) in [5.74, 6) is 0.379. The summed E-state index contributed by atoms with van der Waals surface area (Å²) < 4.78 is 0. The zero-order chi connectivity index (χ0) is 14.3. The van der Waals surface area contributed by atoms with Crippen molar-refractivity contribution in [2.24, 2.45) is 5.92 Å². The summed E-state index contributed by atoms with van der Waals surface area (Å²) in [5, 5.41) is 14.4. The van der Waals surface area contributed by atoms with E-state index >= 15 is 0 Å². The van der Waals surface area contributed by atoms with Crippen molar-refractivity contribution in [2.75, 3.05) is 6.54 Å². The van der Waals surface area contributed by atoms with Crippen LogP contribution in [0.3, 0.4) is 0 Å². The molecule has 0 heterocycles. The molecular weight excluding hydrogens is 258 g/mol. The average molecular weight is 284 g/mol. The van der Waals surface area contributed by atoms with Crippen LogP contribution in [0.25, 0.3) is 0 Å². The normalized spacial score (nSPS) is 14.6. The summed E-state index contributed by atoms with van der Waals surface area (Å²) in [5.41, 5.74) is 1.19. The number of benzene rings is 1. The highest BCUT2D eigenvalue weighted by Gasteiger charge is 2.17. The first kappa shape index (κ1) is 16.5. The van der Waals surface area contributed by atoms with Crippen LogP contribution in [0.5, 0.6) is 0 Å². The Hall–Kier alpha value is -0.570. The van der Waals surface area contributed by atoms with E-state index in [-0.39, 0.29) is 12.1 Å². The molecule has 0 aliphatic rings. The zero-order valence-electron chi connectivity index (χ0n) is 12.2. The SMILES string of the molecule is CCC(NCC(O)C(CC)CC)c1cccc(Cl)c1. The second-order valence-corrected chi connectivity index (χ2v) is 5.50. The predicted octanol–water partition coefficient (Wildman–Crippen LogP) is 4.18. The van der Waals surface area contributed by atoms with Crippen LogP contribution in [0.2, 0.25) is 5.02 Å². The second kappa shape index (κ2) is 8.57. The van der Waals surface area contributed by atoms with Crippen molar-refractivity contribution in [1.82, 2.24) is 5.32 Å². The number of aliphatic hydroxyl groups excluding tert-OH is 1. The van der Waals surface area contributed by atoms with E-state index in [1.165, 1.54) is 5.56 Å². The van der Waals surface area contributed by atoms with Crippen molar-refractivity contribution >= 4 is 11.6 Å². The zero-order valence-corrected chi connectivity index (χ0v) is 13.0. The van der Waals surface area contributed by atoms with Crippen molar-refractivity contribution in [3.63, 3.8) is 0 Å². The Kier molecular flexibility index (Phi) is 7.44. The number of aliphatic hydroxyl groups is 1. The molecule has 1 rings (SSSR count). The van der Waals surface area contributed by atoms with Gasteiger partial charge in [-0.25, -0.2) is 0 Å². The summed E-state index contributed by atoms with van der Waals surface area (Å²) in [6, 6.07) is 8.18. The highest BCUT2D eigenvalue weighted by Crippen LogP contribution is 2.21. The fourth-order valence-corrected chi connectivity index (χ4v) is 2.68. The fourth-order valence-electron chi connectivity index (χ4n) is 2.48. The molecule has 2 unspecified atom stereocenters. The molecule has 2 atom stereocenters. The first-order valence-electron chi connectivity index (χ1n) is 7.29. The summed E-state index contributed by atoms with van der Waals surface area (Å²) in [6.07, 6.45) is 2.75. The minimum absolute atomic E-state index is 0.253. The molecule has 0 spiro atoms. The molecule has 1 aromatic rings. The molecule has 0 saturated carbocycles. The fraction of sp³-hybridized carbons (Fsp3) is 0.625. The molecule has 0 aromatic heterocycles. The van der Waals surface area contributed by atoms with Crippen molar-refractivity contribution in [2.45, 2.75) is 52.2 Å². The largest absolute Gasteiger partial charge is 0.392 e. The summed E-state index contributed by atoms with van der Waals surface area (Å²) in [6.45, 7) is 7.04. The van der Waals surface area contributed by atoms with Gasteiger partial charge in [-0.2, -0.15) is 0 Å². The maximum Gasteiger partial charge on any atom is 0.0692 e. The Morgan fingerprint density at radius 2 is 1.84 bits per heavy atom. The quantitative estimate of drug-likeness (QED) is 0.750. The molecule has 0 aliphatic carbocycles. The molecule has 2 N–H and O–H groups in total. The summed E-state index contributed by atoms with van der Waals surface area (Å²) in [7, 11) is 0. The Bertz CT molecular complexity index is 366. The molecule has 0 aliphatic heterocycles. The van der Waals surface area contributed by atoms with Crippen LogP contribution in [0.1, 0.15) is 51.6 Å². The maximum absolute atomic E-state index is 10.2. The second-order valence-electron chi connectivity index (χ2n) is 5.07. The van der Waals surface area contributed by atoms with Gasteiger partial charge in [-0.1, -0.05) is 57.3 Å². The van der Waals surface area contributed by atoms with Gasteiger partial charge in [0.2, 0.25) is 0 Å². The average Bonchev–Trinajstić information content (AvgIpc) is 2.41. The van der Waals surface area contributed by atoms with E-state index in [0.717, 1.165) is 24.3 Å². The number of rotatable bonds is 8. The van der Waals surface area contributed by atoms with E-state index in [0.29, 0.717) is 12.5 Å². The van der Waals surface area contributed by atoms with Crippen molar-refractivity contribution in [3.05, 3.63) is 34.9 Å². The number of nitrogens with one attached hydrogen (secondary N) is 1. The van der Waals surface area contributed by atoms with Gasteiger partial charge >= 0.3 is 0 Å². The first-order chi connectivity index (χ1) is 9.12. The number of hydrogen-bond acceptors (Lipinski definition) is 2. The van der Waals surface area contributed by atoms with Crippen LogP contribution in [0.4, 0.5) is 0 Å². The molecule has 0 amide bonds. The smallest absolute Gasteiger partial charge is 0.0692 e. The van der Waals surface area contributed by atoms with E-state index in [2.05, 4.69) is 32.2 Å². The third kappa shape index (κ3) is 5.13. The Balaban J connectivity index is 2.58. The highest BCUT2D eigenvalue weighted by molar-refractivity contribution is 6.30. The lowest BCUT2D eigenvalue weighted by atomic mass is 9.96. The Labute approximate surface area is 122 Å². The van der Waals surface area contributed by atoms with Crippen LogP contribution in [0, 0.1) is 5.92 Å². The lowest BCUT2D eigenvalue weighted by Gasteiger charge is -2.24. The van der Waals surface area contributed by atoms with E-state index in [1.807, 2.05) is 18.2 Å². The monoisotopic (exact) mass is 283 g/mol. The van der Waals surface area contributed by atoms with E-state index < -0.39 is 0 Å². The van der Waals surface area contributed by atoms with E-state index in [4.69, 9.17) is 11.6 Å². The van der Waals surface area contributed by atoms with Crippen molar-refractivity contribution in [1.29, 1.82) is 0 Å². The minimum atomic E-state index is -0.275. The standard InChI is InChI=1S/C16H26ClNO/c1-4-12(5-2)16(19)11-18-15(6-3)13-8-7-9-14(17)10-13/h7-10,12,15-16,18-19H,4-6,11H2,1-3H3.